The number of hydrogen-bond donors (Lipinski definition) is 1. The summed E-state index contributed by atoms with van der Waals surface area (Å²) in [4.78, 5) is 0. The van der Waals surface area contributed by atoms with E-state index < -0.39 is 11.9 Å². The van der Waals surface area contributed by atoms with Crippen LogP contribution in [0.2, 0.25) is 0 Å². The number of nitrogens with two attached hydrogens (primary N) is 1. The Kier molecular flexibility index (Phi) is 3.58. The van der Waals surface area contributed by atoms with Gasteiger partial charge in [-0.1, -0.05) is 18.2 Å². The van der Waals surface area contributed by atoms with Crippen molar-refractivity contribution in [1.29, 1.82) is 0 Å². The lowest BCUT2D eigenvalue weighted by molar-refractivity contribution is 0.386. The summed E-state index contributed by atoms with van der Waals surface area (Å²) in [5.74, 6) is -0.691. The van der Waals surface area contributed by atoms with E-state index in [9.17, 15) is 8.78 Å². The van der Waals surface area contributed by atoms with Crippen LogP contribution in [-0.4, -0.2) is 7.11 Å². The fourth-order valence-electron chi connectivity index (χ4n) is 1.77. The topological polar surface area (TPSA) is 35.2 Å². The van der Waals surface area contributed by atoms with Crippen molar-refractivity contribution < 1.29 is 13.5 Å². The molecule has 18 heavy (non-hydrogen) atoms. The maximum Gasteiger partial charge on any atom is 0.165 e. The molecule has 2 rings (SSSR count). The maximum absolute atomic E-state index is 13.6. The number of ether oxygens (including phenoxy) is 1. The summed E-state index contributed by atoms with van der Waals surface area (Å²) in [7, 11) is 1.39. The van der Waals surface area contributed by atoms with Crippen LogP contribution in [0.25, 0.3) is 0 Å². The zero-order chi connectivity index (χ0) is 13.1. The van der Waals surface area contributed by atoms with E-state index in [0.29, 0.717) is 11.1 Å². The van der Waals surface area contributed by atoms with Gasteiger partial charge in [-0.25, -0.2) is 8.78 Å². The molecule has 2 nitrogen and oxygen atoms in total. The van der Waals surface area contributed by atoms with Crippen molar-refractivity contribution in [1.82, 2.24) is 0 Å². The number of benzene rings is 2. The molecular formula is C14H13F2NO. The lowest BCUT2D eigenvalue weighted by Crippen LogP contribution is -2.12. The summed E-state index contributed by atoms with van der Waals surface area (Å²) >= 11 is 0. The molecule has 1 unspecified atom stereocenters. The molecule has 0 aliphatic carbocycles. The minimum atomic E-state index is -0.568. The summed E-state index contributed by atoms with van der Waals surface area (Å²) in [6.07, 6.45) is 0. The molecule has 0 amide bonds. The van der Waals surface area contributed by atoms with Crippen LogP contribution in [0, 0.1) is 11.6 Å². The lowest BCUT2D eigenvalue weighted by Gasteiger charge is -2.13. The van der Waals surface area contributed by atoms with Crippen LogP contribution in [0.4, 0.5) is 8.78 Å². The molecule has 2 aromatic rings. The predicted molar refractivity (Wildman–Crippen MR) is 65.4 cm³/mol. The number of rotatable bonds is 3. The van der Waals surface area contributed by atoms with Gasteiger partial charge in [0.05, 0.1) is 13.2 Å². The predicted octanol–water partition coefficient (Wildman–Crippen LogP) is 3.02. The molecule has 0 radical (unpaired) electrons. The van der Waals surface area contributed by atoms with E-state index in [1.54, 1.807) is 18.2 Å². The van der Waals surface area contributed by atoms with E-state index >= 15 is 0 Å². The van der Waals surface area contributed by atoms with E-state index in [2.05, 4.69) is 0 Å². The van der Waals surface area contributed by atoms with Crippen LogP contribution in [-0.2, 0) is 0 Å². The van der Waals surface area contributed by atoms with Gasteiger partial charge in [0.1, 0.15) is 5.82 Å². The molecule has 0 spiro atoms. The molecule has 2 aromatic carbocycles. The Hall–Kier alpha value is -1.94. The summed E-state index contributed by atoms with van der Waals surface area (Å²) in [5, 5.41) is 0. The van der Waals surface area contributed by atoms with Crippen LogP contribution in [0.15, 0.2) is 42.5 Å². The van der Waals surface area contributed by atoms with E-state index in [1.807, 2.05) is 0 Å². The van der Waals surface area contributed by atoms with E-state index in [4.69, 9.17) is 10.5 Å². The lowest BCUT2D eigenvalue weighted by atomic mass is 9.99. The van der Waals surface area contributed by atoms with Crippen LogP contribution in [0.5, 0.6) is 5.75 Å². The molecule has 0 fully saturated rings. The van der Waals surface area contributed by atoms with Gasteiger partial charge in [-0.15, -0.1) is 0 Å². The minimum Gasteiger partial charge on any atom is -0.494 e. The van der Waals surface area contributed by atoms with Crippen LogP contribution < -0.4 is 10.5 Å². The van der Waals surface area contributed by atoms with E-state index in [1.165, 1.54) is 31.4 Å². The highest BCUT2D eigenvalue weighted by Crippen LogP contribution is 2.25. The molecule has 0 aliphatic heterocycles. The third kappa shape index (κ3) is 2.49. The van der Waals surface area contributed by atoms with Crippen molar-refractivity contribution >= 4 is 0 Å². The second-order valence-corrected chi connectivity index (χ2v) is 3.93. The Morgan fingerprint density at radius 2 is 1.78 bits per heavy atom. The third-order valence-corrected chi connectivity index (χ3v) is 2.74. The quantitative estimate of drug-likeness (QED) is 0.907. The average Bonchev–Trinajstić information content (AvgIpc) is 2.37. The van der Waals surface area contributed by atoms with Gasteiger partial charge in [-0.3, -0.25) is 0 Å². The maximum atomic E-state index is 13.6. The van der Waals surface area contributed by atoms with Gasteiger partial charge in [0.25, 0.3) is 0 Å². The smallest absolute Gasteiger partial charge is 0.165 e. The normalized spacial score (nSPS) is 12.2. The van der Waals surface area contributed by atoms with Crippen LogP contribution in [0.3, 0.4) is 0 Å². The van der Waals surface area contributed by atoms with Crippen molar-refractivity contribution in [3.05, 3.63) is 65.2 Å². The summed E-state index contributed by atoms with van der Waals surface area (Å²) in [6.45, 7) is 0. The van der Waals surface area contributed by atoms with E-state index in [0.717, 1.165) is 0 Å². The van der Waals surface area contributed by atoms with Crippen LogP contribution >= 0.6 is 0 Å². The SMILES string of the molecule is COc1ccc(C(N)c2cccc(F)c2)cc1F. The highest BCUT2D eigenvalue weighted by Gasteiger charge is 2.12. The minimum absolute atomic E-state index is 0.158. The zero-order valence-corrected chi connectivity index (χ0v) is 9.86. The first-order valence-electron chi connectivity index (χ1n) is 5.46. The largest absolute Gasteiger partial charge is 0.494 e. The number of halogens is 2. The molecule has 0 bridgehead atoms. The standard InChI is InChI=1S/C14H13F2NO/c1-18-13-6-5-10(8-12(13)16)14(17)9-3-2-4-11(15)7-9/h2-8,14H,17H2,1H3. The van der Waals surface area contributed by atoms with Crippen molar-refractivity contribution in [2.24, 2.45) is 5.73 Å². The van der Waals surface area contributed by atoms with Crippen molar-refractivity contribution in [2.75, 3.05) is 7.11 Å². The average molecular weight is 249 g/mol. The highest BCUT2D eigenvalue weighted by atomic mass is 19.1. The van der Waals surface area contributed by atoms with Gasteiger partial charge in [0.2, 0.25) is 0 Å². The van der Waals surface area contributed by atoms with Crippen LogP contribution in [0.1, 0.15) is 17.2 Å². The molecule has 2 N–H and O–H groups in total. The Balaban J connectivity index is 2.34. The molecule has 0 aliphatic rings. The summed E-state index contributed by atoms with van der Waals surface area (Å²) in [6, 6.07) is 9.86. The van der Waals surface area contributed by atoms with Gasteiger partial charge in [-0.05, 0) is 35.4 Å². The third-order valence-electron chi connectivity index (χ3n) is 2.74. The summed E-state index contributed by atoms with van der Waals surface area (Å²) in [5.41, 5.74) is 7.14. The van der Waals surface area contributed by atoms with Gasteiger partial charge >= 0.3 is 0 Å². The number of hydrogen-bond acceptors (Lipinski definition) is 2. The highest BCUT2D eigenvalue weighted by molar-refractivity contribution is 5.36. The van der Waals surface area contributed by atoms with Gasteiger partial charge in [-0.2, -0.15) is 0 Å². The molecule has 94 valence electrons. The molecule has 1 atom stereocenters. The Morgan fingerprint density at radius 1 is 1.06 bits per heavy atom. The first-order chi connectivity index (χ1) is 8.61. The number of methoxy groups -OCH3 is 1. The fourth-order valence-corrected chi connectivity index (χ4v) is 1.77. The molecular weight excluding hydrogens is 236 g/mol. The molecule has 0 saturated heterocycles. The van der Waals surface area contributed by atoms with Gasteiger partial charge < -0.3 is 10.5 Å². The fraction of sp³-hybridized carbons (Fsp3) is 0.143. The van der Waals surface area contributed by atoms with Crippen molar-refractivity contribution in [2.45, 2.75) is 6.04 Å². The Bertz CT molecular complexity index is 557. The summed E-state index contributed by atoms with van der Waals surface area (Å²) < 4.78 is 31.5. The first-order valence-corrected chi connectivity index (χ1v) is 5.46. The second-order valence-electron chi connectivity index (χ2n) is 3.93. The molecule has 0 saturated carbocycles. The van der Waals surface area contributed by atoms with E-state index in [-0.39, 0.29) is 11.6 Å². The Labute approximate surface area is 104 Å². The molecule has 0 heterocycles. The van der Waals surface area contributed by atoms with Crippen molar-refractivity contribution in [3.8, 4) is 5.75 Å². The molecule has 0 aromatic heterocycles. The molecule has 4 heteroatoms. The van der Waals surface area contributed by atoms with Gasteiger partial charge in [0, 0.05) is 0 Å². The second kappa shape index (κ2) is 5.14. The monoisotopic (exact) mass is 249 g/mol. The zero-order valence-electron chi connectivity index (χ0n) is 9.86. The van der Waals surface area contributed by atoms with Gasteiger partial charge in [0.15, 0.2) is 11.6 Å². The first kappa shape index (κ1) is 12.5. The Morgan fingerprint density at radius 3 is 2.39 bits per heavy atom. The van der Waals surface area contributed by atoms with Crippen molar-refractivity contribution in [3.63, 3.8) is 0 Å².